The van der Waals surface area contributed by atoms with Gasteiger partial charge >= 0.3 is 11.9 Å². The summed E-state index contributed by atoms with van der Waals surface area (Å²) in [7, 11) is 1.33. The van der Waals surface area contributed by atoms with Gasteiger partial charge in [0, 0.05) is 11.6 Å². The van der Waals surface area contributed by atoms with Crippen molar-refractivity contribution in [3.8, 4) is 11.5 Å². The van der Waals surface area contributed by atoms with Crippen LogP contribution < -0.4 is 10.1 Å². The number of carbonyl (C=O) groups excluding carboxylic acids is 2. The lowest BCUT2D eigenvalue weighted by Crippen LogP contribution is -2.58. The number of imide groups is 1. The minimum absolute atomic E-state index is 0.0985. The van der Waals surface area contributed by atoms with Crippen LogP contribution in [0.2, 0.25) is 0 Å². The van der Waals surface area contributed by atoms with E-state index in [0.717, 1.165) is 4.90 Å². The molecular weight excluding hydrogens is 396 g/mol. The topological polar surface area (TPSA) is 153 Å². The fourth-order valence-corrected chi connectivity index (χ4v) is 4.51. The predicted octanol–water partition coefficient (Wildman–Crippen LogP) is 0.743. The first-order valence-corrected chi connectivity index (χ1v) is 9.33. The Hall–Kier alpha value is -3.14. The molecule has 30 heavy (non-hydrogen) atoms. The van der Waals surface area contributed by atoms with E-state index >= 15 is 0 Å². The highest BCUT2D eigenvalue weighted by atomic mass is 16.5. The molecule has 2 fully saturated rings. The van der Waals surface area contributed by atoms with Gasteiger partial charge in [0.2, 0.25) is 11.8 Å². The largest absolute Gasteiger partial charge is 0.504 e. The summed E-state index contributed by atoms with van der Waals surface area (Å²) in [6.45, 7) is 4.94. The van der Waals surface area contributed by atoms with Crippen molar-refractivity contribution in [2.75, 3.05) is 7.11 Å². The Morgan fingerprint density at radius 3 is 2.33 bits per heavy atom. The van der Waals surface area contributed by atoms with Crippen LogP contribution in [-0.2, 0) is 19.2 Å². The van der Waals surface area contributed by atoms with Crippen LogP contribution in [0.15, 0.2) is 18.2 Å². The second-order valence-corrected chi connectivity index (χ2v) is 8.59. The number of benzene rings is 1. The average molecular weight is 420 g/mol. The van der Waals surface area contributed by atoms with Crippen LogP contribution in [-0.4, -0.2) is 62.2 Å². The molecule has 0 saturated carbocycles. The van der Waals surface area contributed by atoms with Crippen molar-refractivity contribution in [1.29, 1.82) is 0 Å². The first kappa shape index (κ1) is 21.6. The lowest BCUT2D eigenvalue weighted by molar-refractivity contribution is -0.157. The van der Waals surface area contributed by atoms with Crippen molar-refractivity contribution in [2.24, 2.45) is 11.8 Å². The molecule has 162 valence electrons. The molecule has 0 spiro atoms. The number of likely N-dealkylation sites (tertiary alicyclic amines) is 1. The van der Waals surface area contributed by atoms with Gasteiger partial charge in [0.05, 0.1) is 25.4 Å². The minimum atomic E-state index is -2.17. The second kappa shape index (κ2) is 6.98. The van der Waals surface area contributed by atoms with Crippen molar-refractivity contribution in [3.05, 3.63) is 23.8 Å². The molecule has 0 aliphatic carbocycles. The van der Waals surface area contributed by atoms with Gasteiger partial charge in [-0.2, -0.15) is 0 Å². The smallest absolute Gasteiger partial charge is 0.325 e. The standard InChI is InChI=1S/C20H24N2O8/c1-19(2,3)22-16(26)13-14(17(22)27)20(18(28)29,8-12(24)25)21-15(13)9-5-6-10(23)11(7-9)30-4/h5-7,13-15,21,23H,8H2,1-4H3,(H,24,25)(H,28,29). The number of methoxy groups -OCH3 is 1. The highest BCUT2D eigenvalue weighted by Crippen LogP contribution is 2.52. The molecule has 0 radical (unpaired) electrons. The number of nitrogens with zero attached hydrogens (tertiary/aromatic N) is 1. The summed E-state index contributed by atoms with van der Waals surface area (Å²) >= 11 is 0. The van der Waals surface area contributed by atoms with Crippen LogP contribution in [0.3, 0.4) is 0 Å². The number of phenols is 1. The molecule has 4 unspecified atom stereocenters. The third-order valence-corrected chi connectivity index (χ3v) is 5.70. The maximum Gasteiger partial charge on any atom is 0.325 e. The normalized spacial score (nSPS) is 28.5. The highest BCUT2D eigenvalue weighted by molar-refractivity contribution is 6.10. The molecule has 0 aromatic heterocycles. The number of hydrogen-bond donors (Lipinski definition) is 4. The predicted molar refractivity (Wildman–Crippen MR) is 102 cm³/mol. The van der Waals surface area contributed by atoms with Crippen LogP contribution in [0, 0.1) is 11.8 Å². The number of rotatable bonds is 5. The van der Waals surface area contributed by atoms with Crippen molar-refractivity contribution in [3.63, 3.8) is 0 Å². The van der Waals surface area contributed by atoms with Crippen molar-refractivity contribution in [1.82, 2.24) is 10.2 Å². The number of phenolic OH excluding ortho intramolecular Hbond substituents is 1. The number of carboxylic acid groups (broad SMARTS) is 2. The van der Waals surface area contributed by atoms with Crippen LogP contribution in [0.4, 0.5) is 0 Å². The van der Waals surface area contributed by atoms with E-state index in [4.69, 9.17) is 4.74 Å². The molecule has 10 heteroatoms. The third-order valence-electron chi connectivity index (χ3n) is 5.70. The number of nitrogens with one attached hydrogen (secondary N) is 1. The fraction of sp³-hybridized carbons (Fsp3) is 0.500. The number of carboxylic acids is 2. The highest BCUT2D eigenvalue weighted by Gasteiger charge is 2.70. The number of carbonyl (C=O) groups is 4. The molecule has 4 atom stereocenters. The Morgan fingerprint density at radius 2 is 1.83 bits per heavy atom. The van der Waals surface area contributed by atoms with Gasteiger partial charge in [0.25, 0.3) is 0 Å². The van der Waals surface area contributed by atoms with E-state index in [1.807, 2.05) is 0 Å². The number of aromatic hydroxyl groups is 1. The maximum absolute atomic E-state index is 13.3. The first-order chi connectivity index (χ1) is 13.8. The number of hydrogen-bond acceptors (Lipinski definition) is 7. The molecule has 2 saturated heterocycles. The Bertz CT molecular complexity index is 937. The molecule has 3 rings (SSSR count). The van der Waals surface area contributed by atoms with E-state index < -0.39 is 59.1 Å². The molecule has 2 aliphatic heterocycles. The summed E-state index contributed by atoms with van der Waals surface area (Å²) < 4.78 is 5.09. The fourth-order valence-electron chi connectivity index (χ4n) is 4.51. The van der Waals surface area contributed by atoms with Crippen LogP contribution in [0.5, 0.6) is 11.5 Å². The van der Waals surface area contributed by atoms with E-state index in [-0.39, 0.29) is 11.5 Å². The van der Waals surface area contributed by atoms with E-state index in [2.05, 4.69) is 5.32 Å². The third kappa shape index (κ3) is 3.07. The number of ether oxygens (including phenoxy) is 1. The first-order valence-electron chi connectivity index (χ1n) is 9.33. The monoisotopic (exact) mass is 420 g/mol. The van der Waals surface area contributed by atoms with Crippen LogP contribution in [0.1, 0.15) is 38.8 Å². The van der Waals surface area contributed by atoms with Gasteiger partial charge in [0.1, 0.15) is 5.54 Å². The number of amides is 2. The molecule has 2 aliphatic rings. The van der Waals surface area contributed by atoms with E-state index in [1.54, 1.807) is 20.8 Å². The zero-order valence-electron chi connectivity index (χ0n) is 17.0. The SMILES string of the molecule is COc1cc(C2NC(CC(=O)O)(C(=O)O)C3C(=O)N(C(C)(C)C)C(=O)C23)ccc1O. The van der Waals surface area contributed by atoms with Crippen LogP contribution >= 0.6 is 0 Å². The zero-order valence-corrected chi connectivity index (χ0v) is 17.0. The van der Waals surface area contributed by atoms with Gasteiger partial charge in [-0.1, -0.05) is 6.07 Å². The van der Waals surface area contributed by atoms with Gasteiger partial charge in [-0.25, -0.2) is 0 Å². The maximum atomic E-state index is 13.3. The van der Waals surface area contributed by atoms with Gasteiger partial charge in [-0.05, 0) is 38.5 Å². The molecule has 1 aromatic carbocycles. The molecule has 2 amide bonds. The molecule has 0 bridgehead atoms. The molecule has 10 nitrogen and oxygen atoms in total. The Morgan fingerprint density at radius 1 is 1.20 bits per heavy atom. The Kier molecular flexibility index (Phi) is 5.02. The zero-order chi connectivity index (χ0) is 22.6. The molecule has 1 aromatic rings. The summed E-state index contributed by atoms with van der Waals surface area (Å²) in [6, 6.07) is 3.26. The van der Waals surface area contributed by atoms with Crippen LogP contribution in [0.25, 0.3) is 0 Å². The quantitative estimate of drug-likeness (QED) is 0.505. The van der Waals surface area contributed by atoms with Gasteiger partial charge in [-0.3, -0.25) is 29.4 Å². The summed E-state index contributed by atoms with van der Waals surface area (Å²) in [5.74, 6) is -6.81. The van der Waals surface area contributed by atoms with Crippen molar-refractivity contribution < 1.29 is 39.2 Å². The van der Waals surface area contributed by atoms with Crippen molar-refractivity contribution in [2.45, 2.75) is 44.3 Å². The van der Waals surface area contributed by atoms with E-state index in [1.165, 1.54) is 25.3 Å². The second-order valence-electron chi connectivity index (χ2n) is 8.59. The van der Waals surface area contributed by atoms with Gasteiger partial charge < -0.3 is 20.1 Å². The summed E-state index contributed by atoms with van der Waals surface area (Å²) in [6.07, 6.45) is -0.883. The molecule has 2 heterocycles. The average Bonchev–Trinajstić information content (AvgIpc) is 3.09. The molecule has 4 N–H and O–H groups in total. The Balaban J connectivity index is 2.21. The number of fused-ring (bicyclic) bond motifs is 1. The van der Waals surface area contributed by atoms with Gasteiger partial charge in [0.15, 0.2) is 11.5 Å². The van der Waals surface area contributed by atoms with Crippen molar-refractivity contribution >= 4 is 23.8 Å². The molecular formula is C20H24N2O8. The van der Waals surface area contributed by atoms with Gasteiger partial charge in [-0.15, -0.1) is 0 Å². The lowest BCUT2D eigenvalue weighted by atomic mass is 9.77. The van der Waals surface area contributed by atoms with E-state index in [9.17, 15) is 34.5 Å². The summed E-state index contributed by atoms with van der Waals surface area (Å²) in [4.78, 5) is 51.4. The minimum Gasteiger partial charge on any atom is -0.504 e. The Labute approximate surface area is 172 Å². The lowest BCUT2D eigenvalue weighted by Gasteiger charge is -2.34. The number of aliphatic carboxylic acids is 2. The van der Waals surface area contributed by atoms with E-state index in [0.29, 0.717) is 5.56 Å². The summed E-state index contributed by atoms with van der Waals surface area (Å²) in [5.41, 5.74) is -2.69. The summed E-state index contributed by atoms with van der Waals surface area (Å²) in [5, 5.41) is 32.0.